The molecule has 3 aromatic rings. The Hall–Kier alpha value is -3.48. The lowest BCUT2D eigenvalue weighted by molar-refractivity contribution is -0.384. The number of pyridine rings is 1. The van der Waals surface area contributed by atoms with Crippen molar-refractivity contribution in [2.24, 2.45) is 0 Å². The van der Waals surface area contributed by atoms with Gasteiger partial charge in [-0.05, 0) is 43.0 Å². The van der Waals surface area contributed by atoms with Crippen LogP contribution in [0.1, 0.15) is 28.0 Å². The number of nitrogens with one attached hydrogen (secondary N) is 2. The fourth-order valence-corrected chi connectivity index (χ4v) is 3.33. The number of fused-ring (bicyclic) bond motifs is 2. The summed E-state index contributed by atoms with van der Waals surface area (Å²) in [6.45, 7) is 0. The van der Waals surface area contributed by atoms with Gasteiger partial charge < -0.3 is 0 Å². The second-order valence-corrected chi connectivity index (χ2v) is 6.17. The highest BCUT2D eigenvalue weighted by Crippen LogP contribution is 2.29. The van der Waals surface area contributed by atoms with Gasteiger partial charge in [-0.15, -0.1) is 0 Å². The third-order valence-electron chi connectivity index (χ3n) is 4.54. The first-order valence-electron chi connectivity index (χ1n) is 8.35. The number of hydrogen-bond donors (Lipinski definition) is 2. The number of nitro benzene ring substituents is 1. The number of hydrazine groups is 1. The average Bonchev–Trinajstić information content (AvgIpc) is 3.12. The molecule has 1 heterocycles. The quantitative estimate of drug-likeness (QED) is 0.556. The molecule has 0 bridgehead atoms. The van der Waals surface area contributed by atoms with Crippen molar-refractivity contribution in [2.45, 2.75) is 19.3 Å². The van der Waals surface area contributed by atoms with E-state index in [-0.39, 0.29) is 11.6 Å². The summed E-state index contributed by atoms with van der Waals surface area (Å²) < 4.78 is 0. The minimum absolute atomic E-state index is 0.000163. The van der Waals surface area contributed by atoms with Gasteiger partial charge in [0.15, 0.2) is 0 Å². The summed E-state index contributed by atoms with van der Waals surface area (Å²) in [5.41, 5.74) is 9.55. The van der Waals surface area contributed by atoms with Crippen molar-refractivity contribution in [1.82, 2.24) is 10.4 Å². The third-order valence-corrected chi connectivity index (χ3v) is 4.54. The van der Waals surface area contributed by atoms with E-state index in [2.05, 4.69) is 15.8 Å². The molecule has 1 aliphatic rings. The number of rotatable bonds is 4. The Morgan fingerprint density at radius 3 is 2.62 bits per heavy atom. The predicted octanol–water partition coefficient (Wildman–Crippen LogP) is 3.39. The van der Waals surface area contributed by atoms with E-state index in [0.29, 0.717) is 11.3 Å². The number of aromatic nitrogens is 1. The van der Waals surface area contributed by atoms with Gasteiger partial charge in [-0.1, -0.05) is 18.2 Å². The van der Waals surface area contributed by atoms with Crippen molar-refractivity contribution in [3.63, 3.8) is 0 Å². The molecule has 0 fully saturated rings. The summed E-state index contributed by atoms with van der Waals surface area (Å²) in [4.78, 5) is 27.8. The number of amides is 1. The fourth-order valence-electron chi connectivity index (χ4n) is 3.33. The number of carbonyl (C=O) groups is 1. The van der Waals surface area contributed by atoms with Crippen LogP contribution in [0.5, 0.6) is 0 Å². The van der Waals surface area contributed by atoms with Crippen LogP contribution in [0, 0.1) is 10.1 Å². The molecule has 0 atom stereocenters. The van der Waals surface area contributed by atoms with E-state index in [1.54, 1.807) is 12.1 Å². The highest BCUT2D eigenvalue weighted by Gasteiger charge is 2.23. The van der Waals surface area contributed by atoms with E-state index in [1.807, 2.05) is 24.3 Å². The van der Waals surface area contributed by atoms with E-state index in [4.69, 9.17) is 0 Å². The summed E-state index contributed by atoms with van der Waals surface area (Å²) in [7, 11) is 0. The van der Waals surface area contributed by atoms with Crippen molar-refractivity contribution < 1.29 is 9.72 Å². The Morgan fingerprint density at radius 1 is 1.08 bits per heavy atom. The number of non-ortho nitro benzene ring substituents is 1. The maximum atomic E-state index is 12.9. The van der Waals surface area contributed by atoms with Gasteiger partial charge in [0.05, 0.1) is 21.7 Å². The summed E-state index contributed by atoms with van der Waals surface area (Å²) in [6, 6.07) is 13.5. The Bertz CT molecular complexity index is 1020. The number of nitrogens with zero attached hydrogens (tertiary/aromatic N) is 2. The molecule has 2 N–H and O–H groups in total. The molecular formula is C19H16N4O3. The molecule has 0 spiro atoms. The first-order chi connectivity index (χ1) is 12.6. The molecule has 0 unspecified atom stereocenters. The maximum absolute atomic E-state index is 12.9. The molecule has 130 valence electrons. The van der Waals surface area contributed by atoms with Crippen LogP contribution in [0.2, 0.25) is 0 Å². The highest BCUT2D eigenvalue weighted by atomic mass is 16.6. The zero-order valence-corrected chi connectivity index (χ0v) is 13.9. The number of benzene rings is 2. The minimum Gasteiger partial charge on any atom is -0.298 e. The molecule has 2 aromatic carbocycles. The molecule has 0 saturated heterocycles. The van der Waals surface area contributed by atoms with Gasteiger partial charge in [0.2, 0.25) is 0 Å². The van der Waals surface area contributed by atoms with E-state index in [1.165, 1.54) is 12.1 Å². The average molecular weight is 348 g/mol. The van der Waals surface area contributed by atoms with E-state index in [0.717, 1.165) is 41.4 Å². The number of hydrogen-bond acceptors (Lipinski definition) is 5. The first-order valence-corrected chi connectivity index (χ1v) is 8.35. The van der Waals surface area contributed by atoms with Crippen LogP contribution in [0.3, 0.4) is 0 Å². The number of carbonyl (C=O) groups excluding carboxylic acids is 1. The van der Waals surface area contributed by atoms with Gasteiger partial charge in [0, 0.05) is 23.2 Å². The van der Waals surface area contributed by atoms with Crippen LogP contribution in [0.4, 0.5) is 11.4 Å². The Balaban J connectivity index is 1.61. The topological polar surface area (TPSA) is 97.2 Å². The molecule has 0 aliphatic heterocycles. The monoisotopic (exact) mass is 348 g/mol. The van der Waals surface area contributed by atoms with Crippen molar-refractivity contribution in [3.8, 4) is 0 Å². The van der Waals surface area contributed by atoms with Crippen LogP contribution in [-0.2, 0) is 12.8 Å². The molecule has 7 nitrogen and oxygen atoms in total. The molecule has 0 radical (unpaired) electrons. The fraction of sp³-hybridized carbons (Fsp3) is 0.158. The van der Waals surface area contributed by atoms with Crippen LogP contribution in [-0.4, -0.2) is 15.8 Å². The van der Waals surface area contributed by atoms with Gasteiger partial charge in [0.1, 0.15) is 0 Å². The first kappa shape index (κ1) is 16.0. The van der Waals surface area contributed by atoms with Crippen molar-refractivity contribution in [2.75, 3.05) is 5.43 Å². The Kier molecular flexibility index (Phi) is 3.96. The van der Waals surface area contributed by atoms with E-state index in [9.17, 15) is 14.9 Å². The molecule has 1 amide bonds. The molecule has 1 aliphatic carbocycles. The van der Waals surface area contributed by atoms with Gasteiger partial charge in [-0.2, -0.15) is 0 Å². The van der Waals surface area contributed by atoms with Gasteiger partial charge >= 0.3 is 0 Å². The van der Waals surface area contributed by atoms with Crippen LogP contribution in [0.15, 0.2) is 48.5 Å². The standard InChI is InChI=1S/C19H16N4O3/c24-19(22-21-12-8-10-13(11-9-12)23(25)26)18-14-4-1-2-6-16(14)20-17-7-3-5-15(17)18/h1-2,4,6,8-11,21H,3,5,7H2,(H,22,24). The largest absolute Gasteiger partial charge is 0.298 e. The smallest absolute Gasteiger partial charge is 0.270 e. The number of anilines is 1. The molecule has 0 saturated carbocycles. The summed E-state index contributed by atoms with van der Waals surface area (Å²) >= 11 is 0. The van der Waals surface area contributed by atoms with Gasteiger partial charge in [-0.25, -0.2) is 0 Å². The summed E-state index contributed by atoms with van der Waals surface area (Å²) in [6.07, 6.45) is 2.72. The Labute approximate surface area is 149 Å². The van der Waals surface area contributed by atoms with Crippen molar-refractivity contribution in [3.05, 3.63) is 75.5 Å². The molecule has 26 heavy (non-hydrogen) atoms. The Morgan fingerprint density at radius 2 is 1.85 bits per heavy atom. The second-order valence-electron chi connectivity index (χ2n) is 6.17. The molecular weight excluding hydrogens is 332 g/mol. The molecule has 1 aromatic heterocycles. The van der Waals surface area contributed by atoms with Crippen LogP contribution in [0.25, 0.3) is 10.9 Å². The van der Waals surface area contributed by atoms with Crippen LogP contribution >= 0.6 is 0 Å². The number of nitro groups is 1. The zero-order chi connectivity index (χ0) is 18.1. The minimum atomic E-state index is -0.464. The zero-order valence-electron chi connectivity index (χ0n) is 13.9. The third kappa shape index (κ3) is 2.83. The molecule has 4 rings (SSSR count). The second kappa shape index (κ2) is 6.44. The summed E-state index contributed by atoms with van der Waals surface area (Å²) in [5, 5.41) is 11.5. The molecule has 7 heteroatoms. The van der Waals surface area contributed by atoms with Crippen molar-refractivity contribution in [1.29, 1.82) is 0 Å². The van der Waals surface area contributed by atoms with Crippen LogP contribution < -0.4 is 10.9 Å². The number of aryl methyl sites for hydroxylation is 1. The number of para-hydroxylation sites is 1. The van der Waals surface area contributed by atoms with Gasteiger partial charge in [0.25, 0.3) is 11.6 Å². The summed E-state index contributed by atoms with van der Waals surface area (Å²) in [5.74, 6) is -0.236. The van der Waals surface area contributed by atoms with E-state index >= 15 is 0 Å². The lowest BCUT2D eigenvalue weighted by Gasteiger charge is -2.13. The predicted molar refractivity (Wildman–Crippen MR) is 98.0 cm³/mol. The lowest BCUT2D eigenvalue weighted by Crippen LogP contribution is -2.30. The lowest BCUT2D eigenvalue weighted by atomic mass is 10.0. The highest BCUT2D eigenvalue weighted by molar-refractivity contribution is 6.08. The SMILES string of the molecule is O=C(NNc1ccc([N+](=O)[O-])cc1)c1c2c(nc3ccccc13)CCC2. The van der Waals surface area contributed by atoms with Crippen molar-refractivity contribution >= 4 is 28.2 Å². The normalized spacial score (nSPS) is 12.6. The van der Waals surface area contributed by atoms with E-state index < -0.39 is 4.92 Å². The maximum Gasteiger partial charge on any atom is 0.270 e. The van der Waals surface area contributed by atoms with Gasteiger partial charge in [-0.3, -0.25) is 30.7 Å².